The Morgan fingerprint density at radius 2 is 1.60 bits per heavy atom. The summed E-state index contributed by atoms with van der Waals surface area (Å²) in [4.78, 5) is 35.5. The van der Waals surface area contributed by atoms with Gasteiger partial charge in [0, 0.05) is 10.7 Å². The van der Waals surface area contributed by atoms with Gasteiger partial charge in [-0.3, -0.25) is 18.7 Å². The molecule has 3 rings (SSSR count). The quantitative estimate of drug-likeness (QED) is 0.380. The molecule has 0 heterocycles. The van der Waals surface area contributed by atoms with Crippen molar-refractivity contribution < 1.29 is 27.9 Å². The molecule has 0 aliphatic rings. The lowest BCUT2D eigenvalue weighted by molar-refractivity contribution is -0.135. The number of rotatable bonds is 10. The lowest BCUT2D eigenvalue weighted by atomic mass is 10.1. The standard InChI is InChI=1S/C24H22ClN3O6S/c25-18-8-4-10-20(13-18)28(16-24(31)32)35(33,34)21-11-5-9-19(14-21)27-23(30)15-26-22(29)12-17-6-2-1-3-7-17/h1-11,13-14H,12,15-16H2,(H,26,29)(H,27,30)(H,31,32). The number of amides is 2. The van der Waals surface area contributed by atoms with E-state index in [4.69, 9.17) is 11.6 Å². The average molecular weight is 516 g/mol. The molecule has 0 unspecified atom stereocenters. The monoisotopic (exact) mass is 515 g/mol. The molecule has 3 N–H and O–H groups in total. The number of carboxylic acid groups (broad SMARTS) is 1. The van der Waals surface area contributed by atoms with Gasteiger partial charge >= 0.3 is 5.97 Å². The Kier molecular flexibility index (Phi) is 8.45. The second-order valence-corrected chi connectivity index (χ2v) is 9.70. The minimum absolute atomic E-state index is 0.0791. The van der Waals surface area contributed by atoms with Crippen LogP contribution in [0, 0.1) is 0 Å². The van der Waals surface area contributed by atoms with E-state index in [0.717, 1.165) is 5.56 Å². The molecule has 35 heavy (non-hydrogen) atoms. The van der Waals surface area contributed by atoms with Gasteiger partial charge in [-0.1, -0.05) is 54.1 Å². The van der Waals surface area contributed by atoms with Crippen LogP contribution in [-0.2, 0) is 30.8 Å². The van der Waals surface area contributed by atoms with Crippen molar-refractivity contribution >= 4 is 50.8 Å². The maximum atomic E-state index is 13.3. The number of anilines is 2. The molecule has 0 fully saturated rings. The minimum Gasteiger partial charge on any atom is -0.480 e. The van der Waals surface area contributed by atoms with Crippen LogP contribution in [0.1, 0.15) is 5.56 Å². The number of hydrogen-bond acceptors (Lipinski definition) is 5. The van der Waals surface area contributed by atoms with Gasteiger partial charge in [-0.15, -0.1) is 0 Å². The van der Waals surface area contributed by atoms with Gasteiger partial charge in [0.25, 0.3) is 10.0 Å². The number of carboxylic acids is 1. The maximum absolute atomic E-state index is 13.3. The minimum atomic E-state index is -4.31. The molecule has 0 saturated carbocycles. The van der Waals surface area contributed by atoms with Crippen molar-refractivity contribution in [3.05, 3.63) is 89.4 Å². The Balaban J connectivity index is 1.71. The van der Waals surface area contributed by atoms with Crippen molar-refractivity contribution in [1.82, 2.24) is 5.32 Å². The third-order valence-corrected chi connectivity index (χ3v) is 6.74. The molecule has 9 nitrogen and oxygen atoms in total. The van der Waals surface area contributed by atoms with Gasteiger partial charge in [0.05, 0.1) is 23.5 Å². The molecule has 0 aliphatic heterocycles. The molecule has 0 aliphatic carbocycles. The first-order valence-corrected chi connectivity index (χ1v) is 12.2. The molecule has 0 saturated heterocycles. The number of halogens is 1. The number of hydrogen-bond donors (Lipinski definition) is 3. The Labute approximate surface area is 207 Å². The average Bonchev–Trinajstić information content (AvgIpc) is 2.82. The van der Waals surface area contributed by atoms with Crippen LogP contribution in [0.5, 0.6) is 0 Å². The molecule has 2 amide bonds. The van der Waals surface area contributed by atoms with Gasteiger partial charge in [0.1, 0.15) is 6.54 Å². The van der Waals surface area contributed by atoms with Crippen molar-refractivity contribution in [1.29, 1.82) is 0 Å². The number of nitrogens with zero attached hydrogens (tertiary/aromatic N) is 1. The van der Waals surface area contributed by atoms with Crippen LogP contribution in [0.15, 0.2) is 83.8 Å². The van der Waals surface area contributed by atoms with Crippen LogP contribution in [0.2, 0.25) is 5.02 Å². The molecule has 0 aromatic heterocycles. The van der Waals surface area contributed by atoms with Gasteiger partial charge in [-0.05, 0) is 42.0 Å². The van der Waals surface area contributed by atoms with Gasteiger partial charge < -0.3 is 15.7 Å². The molecular weight excluding hydrogens is 494 g/mol. The number of benzene rings is 3. The molecule has 0 bridgehead atoms. The van der Waals surface area contributed by atoms with Crippen LogP contribution >= 0.6 is 11.6 Å². The fraction of sp³-hybridized carbons (Fsp3) is 0.125. The summed E-state index contributed by atoms with van der Waals surface area (Å²) in [5.41, 5.74) is 1.04. The summed E-state index contributed by atoms with van der Waals surface area (Å²) in [6.45, 7) is -1.14. The Hall–Kier alpha value is -3.89. The molecule has 3 aromatic carbocycles. The van der Waals surface area contributed by atoms with Crippen LogP contribution in [0.25, 0.3) is 0 Å². The highest BCUT2D eigenvalue weighted by Crippen LogP contribution is 2.27. The van der Waals surface area contributed by atoms with E-state index in [9.17, 15) is 27.9 Å². The van der Waals surface area contributed by atoms with Crippen molar-refractivity contribution in [3.63, 3.8) is 0 Å². The van der Waals surface area contributed by atoms with Gasteiger partial charge in [0.15, 0.2) is 0 Å². The first-order valence-electron chi connectivity index (χ1n) is 10.4. The SMILES string of the molecule is O=C(O)CN(c1cccc(Cl)c1)S(=O)(=O)c1cccc(NC(=O)CNC(=O)Cc2ccccc2)c1. The predicted molar refractivity (Wildman–Crippen MR) is 132 cm³/mol. The third-order valence-electron chi connectivity index (χ3n) is 4.73. The molecule has 0 atom stereocenters. The smallest absolute Gasteiger partial charge is 0.324 e. The second kappa shape index (κ2) is 11.5. The highest BCUT2D eigenvalue weighted by molar-refractivity contribution is 7.92. The number of aliphatic carboxylic acids is 1. The Morgan fingerprint density at radius 3 is 2.29 bits per heavy atom. The molecule has 182 valence electrons. The van der Waals surface area contributed by atoms with Gasteiger partial charge in [-0.25, -0.2) is 8.42 Å². The molecule has 0 radical (unpaired) electrons. The van der Waals surface area contributed by atoms with Crippen LogP contribution in [0.4, 0.5) is 11.4 Å². The summed E-state index contributed by atoms with van der Waals surface area (Å²) in [6.07, 6.45) is 0.116. The summed E-state index contributed by atoms with van der Waals surface area (Å²) in [6, 6.07) is 20.2. The molecular formula is C24H22ClN3O6S. The van der Waals surface area contributed by atoms with Crippen molar-refractivity contribution in [2.75, 3.05) is 22.7 Å². The van der Waals surface area contributed by atoms with E-state index in [2.05, 4.69) is 10.6 Å². The summed E-state index contributed by atoms with van der Waals surface area (Å²) < 4.78 is 27.2. The van der Waals surface area contributed by atoms with E-state index < -0.39 is 28.4 Å². The van der Waals surface area contributed by atoms with Crippen LogP contribution in [0.3, 0.4) is 0 Å². The molecule has 3 aromatic rings. The highest BCUT2D eigenvalue weighted by atomic mass is 35.5. The van der Waals surface area contributed by atoms with Crippen LogP contribution < -0.4 is 14.9 Å². The van der Waals surface area contributed by atoms with E-state index in [-0.39, 0.29) is 40.2 Å². The zero-order valence-electron chi connectivity index (χ0n) is 18.3. The van der Waals surface area contributed by atoms with Crippen LogP contribution in [-0.4, -0.2) is 44.4 Å². The van der Waals surface area contributed by atoms with E-state index in [1.165, 1.54) is 48.5 Å². The lowest BCUT2D eigenvalue weighted by Gasteiger charge is -2.23. The van der Waals surface area contributed by atoms with Crippen molar-refractivity contribution in [2.24, 2.45) is 0 Å². The molecule has 11 heteroatoms. The largest absolute Gasteiger partial charge is 0.480 e. The van der Waals surface area contributed by atoms with E-state index in [1.807, 2.05) is 6.07 Å². The normalized spacial score (nSPS) is 10.9. The fourth-order valence-corrected chi connectivity index (χ4v) is 4.80. The first kappa shape index (κ1) is 25.7. The van der Waals surface area contributed by atoms with Crippen molar-refractivity contribution in [3.8, 4) is 0 Å². The van der Waals surface area contributed by atoms with E-state index in [1.54, 1.807) is 24.3 Å². The van der Waals surface area contributed by atoms with Gasteiger partial charge in [-0.2, -0.15) is 0 Å². The summed E-state index contributed by atoms with van der Waals surface area (Å²) in [5.74, 6) is -2.25. The second-order valence-electron chi connectivity index (χ2n) is 7.40. The number of carbonyl (C=O) groups is 3. The third kappa shape index (κ3) is 7.29. The number of carbonyl (C=O) groups excluding carboxylic acids is 2. The van der Waals surface area contributed by atoms with E-state index in [0.29, 0.717) is 4.31 Å². The Bertz CT molecular complexity index is 1330. The summed E-state index contributed by atoms with van der Waals surface area (Å²) in [5, 5.41) is 14.5. The number of sulfonamides is 1. The first-order chi connectivity index (χ1) is 16.6. The lowest BCUT2D eigenvalue weighted by Crippen LogP contribution is -2.36. The summed E-state index contributed by atoms with van der Waals surface area (Å²) in [7, 11) is -4.31. The molecule has 0 spiro atoms. The zero-order valence-corrected chi connectivity index (χ0v) is 19.9. The zero-order chi connectivity index (χ0) is 25.4. The predicted octanol–water partition coefficient (Wildman–Crippen LogP) is 2.92. The number of nitrogens with one attached hydrogen (secondary N) is 2. The van der Waals surface area contributed by atoms with E-state index >= 15 is 0 Å². The Morgan fingerprint density at radius 1 is 0.886 bits per heavy atom. The highest BCUT2D eigenvalue weighted by Gasteiger charge is 2.27. The summed E-state index contributed by atoms with van der Waals surface area (Å²) >= 11 is 5.95. The van der Waals surface area contributed by atoms with Gasteiger partial charge in [0.2, 0.25) is 11.8 Å². The van der Waals surface area contributed by atoms with Crippen molar-refractivity contribution in [2.45, 2.75) is 11.3 Å². The maximum Gasteiger partial charge on any atom is 0.324 e. The topological polar surface area (TPSA) is 133 Å². The fourth-order valence-electron chi connectivity index (χ4n) is 3.16.